The molecule has 0 spiro atoms. The molecule has 0 aliphatic rings. The molecule has 0 amide bonds. The van der Waals surface area contributed by atoms with Gasteiger partial charge in [0, 0.05) is 12.4 Å². The van der Waals surface area contributed by atoms with Crippen LogP contribution in [0.25, 0.3) is 6.08 Å². The number of nitrogens with zero attached hydrogens (tertiary/aromatic N) is 1. The Hall–Kier alpha value is -0.760. The molecule has 0 aliphatic heterocycles. The summed E-state index contributed by atoms with van der Waals surface area (Å²) in [4.78, 5) is 3.87. The number of hydrogen-bond donors (Lipinski definition) is 1. The summed E-state index contributed by atoms with van der Waals surface area (Å²) in [6.07, 6.45) is 5.41. The standard InChI is InChI=1S/C7H7NS/c9-6-3-7-1-4-8-5-2-7/h1-6,9H/b6-3+. The van der Waals surface area contributed by atoms with Crippen LogP contribution < -0.4 is 0 Å². The molecule has 1 aromatic heterocycles. The van der Waals surface area contributed by atoms with E-state index < -0.39 is 0 Å². The summed E-state index contributed by atoms with van der Waals surface area (Å²) in [7, 11) is 0. The van der Waals surface area contributed by atoms with E-state index in [2.05, 4.69) is 17.6 Å². The quantitative estimate of drug-likeness (QED) is 0.584. The van der Waals surface area contributed by atoms with Gasteiger partial charge in [-0.1, -0.05) is 0 Å². The van der Waals surface area contributed by atoms with Gasteiger partial charge in [-0.25, -0.2) is 0 Å². The van der Waals surface area contributed by atoms with Crippen molar-refractivity contribution in [2.75, 3.05) is 0 Å². The number of aromatic nitrogens is 1. The van der Waals surface area contributed by atoms with E-state index in [1.54, 1.807) is 17.8 Å². The van der Waals surface area contributed by atoms with Gasteiger partial charge in [0.25, 0.3) is 0 Å². The van der Waals surface area contributed by atoms with Crippen molar-refractivity contribution in [3.05, 3.63) is 35.5 Å². The molecule has 0 fully saturated rings. The zero-order valence-electron chi connectivity index (χ0n) is 4.86. The molecule has 0 saturated heterocycles. The molecule has 0 bridgehead atoms. The molecule has 46 valence electrons. The maximum Gasteiger partial charge on any atom is 0.0273 e. The van der Waals surface area contributed by atoms with E-state index in [-0.39, 0.29) is 0 Å². The maximum absolute atomic E-state index is 3.93. The van der Waals surface area contributed by atoms with Gasteiger partial charge in [-0.3, -0.25) is 4.98 Å². The molecular weight excluding hydrogens is 130 g/mol. The van der Waals surface area contributed by atoms with E-state index in [0.717, 1.165) is 5.56 Å². The fourth-order valence-electron chi connectivity index (χ4n) is 0.561. The Bertz CT molecular complexity index is 193. The highest BCUT2D eigenvalue weighted by Crippen LogP contribution is 1.98. The Morgan fingerprint density at radius 3 is 2.56 bits per heavy atom. The fourth-order valence-corrected chi connectivity index (χ4v) is 0.733. The van der Waals surface area contributed by atoms with Gasteiger partial charge in [0.05, 0.1) is 0 Å². The molecule has 0 unspecified atom stereocenters. The van der Waals surface area contributed by atoms with Crippen LogP contribution in [0.5, 0.6) is 0 Å². The molecule has 0 radical (unpaired) electrons. The van der Waals surface area contributed by atoms with E-state index in [4.69, 9.17) is 0 Å². The molecule has 1 heterocycles. The van der Waals surface area contributed by atoms with Crippen LogP contribution >= 0.6 is 12.6 Å². The summed E-state index contributed by atoms with van der Waals surface area (Å²) in [5, 5.41) is 1.70. The second-order valence-corrected chi connectivity index (χ2v) is 1.89. The Labute approximate surface area is 59.8 Å². The van der Waals surface area contributed by atoms with E-state index in [0.29, 0.717) is 0 Å². The van der Waals surface area contributed by atoms with Gasteiger partial charge in [0.2, 0.25) is 0 Å². The number of rotatable bonds is 1. The first-order chi connectivity index (χ1) is 4.43. The number of thiol groups is 1. The summed E-state index contributed by atoms with van der Waals surface area (Å²) < 4.78 is 0. The van der Waals surface area contributed by atoms with Crippen molar-refractivity contribution in [1.82, 2.24) is 4.98 Å². The second kappa shape index (κ2) is 3.30. The second-order valence-electron chi connectivity index (χ2n) is 1.60. The molecular formula is C7H7NS. The Morgan fingerprint density at radius 1 is 1.33 bits per heavy atom. The van der Waals surface area contributed by atoms with Crippen LogP contribution in [-0.4, -0.2) is 4.98 Å². The van der Waals surface area contributed by atoms with Crippen molar-refractivity contribution in [3.8, 4) is 0 Å². The van der Waals surface area contributed by atoms with Crippen LogP contribution in [0.15, 0.2) is 29.9 Å². The number of hydrogen-bond acceptors (Lipinski definition) is 2. The summed E-state index contributed by atoms with van der Waals surface area (Å²) in [5.41, 5.74) is 1.13. The van der Waals surface area contributed by atoms with Gasteiger partial charge in [0.15, 0.2) is 0 Å². The lowest BCUT2D eigenvalue weighted by Gasteiger charge is -1.86. The largest absolute Gasteiger partial charge is 0.265 e. The highest BCUT2D eigenvalue weighted by atomic mass is 32.1. The van der Waals surface area contributed by atoms with E-state index in [1.807, 2.05) is 18.2 Å². The fraction of sp³-hybridized carbons (Fsp3) is 0. The van der Waals surface area contributed by atoms with Crippen molar-refractivity contribution in [2.24, 2.45) is 0 Å². The zero-order valence-corrected chi connectivity index (χ0v) is 5.75. The Morgan fingerprint density at radius 2 is 2.00 bits per heavy atom. The summed E-state index contributed by atoms with van der Waals surface area (Å²) >= 11 is 3.93. The van der Waals surface area contributed by atoms with Crippen LogP contribution in [0.3, 0.4) is 0 Å². The predicted molar refractivity (Wildman–Crippen MR) is 42.3 cm³/mol. The van der Waals surface area contributed by atoms with Gasteiger partial charge >= 0.3 is 0 Å². The molecule has 0 N–H and O–H groups in total. The van der Waals surface area contributed by atoms with Gasteiger partial charge in [0.1, 0.15) is 0 Å². The van der Waals surface area contributed by atoms with Crippen molar-refractivity contribution >= 4 is 18.7 Å². The van der Waals surface area contributed by atoms with E-state index >= 15 is 0 Å². The highest BCUT2D eigenvalue weighted by molar-refractivity contribution is 7.83. The average Bonchev–Trinajstić information content (AvgIpc) is 1.91. The average molecular weight is 137 g/mol. The first kappa shape index (κ1) is 6.36. The molecule has 1 aromatic rings. The third kappa shape index (κ3) is 1.90. The van der Waals surface area contributed by atoms with Crippen molar-refractivity contribution in [3.63, 3.8) is 0 Å². The van der Waals surface area contributed by atoms with Crippen LogP contribution in [0.2, 0.25) is 0 Å². The van der Waals surface area contributed by atoms with Crippen molar-refractivity contribution in [2.45, 2.75) is 0 Å². The lowest BCUT2D eigenvalue weighted by atomic mass is 10.3. The molecule has 0 saturated carbocycles. The van der Waals surface area contributed by atoms with Crippen LogP contribution in [0.4, 0.5) is 0 Å². The monoisotopic (exact) mass is 137 g/mol. The summed E-state index contributed by atoms with van der Waals surface area (Å²) in [6, 6.07) is 3.85. The van der Waals surface area contributed by atoms with Crippen molar-refractivity contribution < 1.29 is 0 Å². The van der Waals surface area contributed by atoms with Gasteiger partial charge in [-0.15, -0.1) is 0 Å². The molecule has 2 heteroatoms. The Kier molecular flexibility index (Phi) is 2.33. The normalized spacial score (nSPS) is 10.3. The smallest absolute Gasteiger partial charge is 0.0273 e. The zero-order chi connectivity index (χ0) is 6.53. The highest BCUT2D eigenvalue weighted by Gasteiger charge is 1.78. The molecule has 0 aromatic carbocycles. The minimum Gasteiger partial charge on any atom is -0.265 e. The lowest BCUT2D eigenvalue weighted by Crippen LogP contribution is -1.70. The molecule has 9 heavy (non-hydrogen) atoms. The SMILES string of the molecule is S/C=C/c1ccncc1. The van der Waals surface area contributed by atoms with E-state index in [1.165, 1.54) is 0 Å². The van der Waals surface area contributed by atoms with Crippen LogP contribution in [0.1, 0.15) is 5.56 Å². The maximum atomic E-state index is 3.93. The number of pyridine rings is 1. The van der Waals surface area contributed by atoms with Crippen LogP contribution in [0, 0.1) is 0 Å². The minimum atomic E-state index is 1.13. The molecule has 1 rings (SSSR count). The molecule has 0 atom stereocenters. The summed E-state index contributed by atoms with van der Waals surface area (Å²) in [5.74, 6) is 0. The topological polar surface area (TPSA) is 12.9 Å². The van der Waals surface area contributed by atoms with Gasteiger partial charge in [-0.05, 0) is 29.2 Å². The lowest BCUT2D eigenvalue weighted by molar-refractivity contribution is 1.32. The molecule has 1 nitrogen and oxygen atoms in total. The third-order valence-electron chi connectivity index (χ3n) is 0.973. The minimum absolute atomic E-state index is 1.13. The summed E-state index contributed by atoms with van der Waals surface area (Å²) in [6.45, 7) is 0. The third-order valence-corrected chi connectivity index (χ3v) is 1.12. The predicted octanol–water partition coefficient (Wildman–Crippen LogP) is 1.98. The first-order valence-corrected chi connectivity index (χ1v) is 3.16. The first-order valence-electron chi connectivity index (χ1n) is 2.64. The molecule has 0 aliphatic carbocycles. The van der Waals surface area contributed by atoms with E-state index in [9.17, 15) is 0 Å². The van der Waals surface area contributed by atoms with Gasteiger partial charge < -0.3 is 0 Å². The Balaban J connectivity index is 2.85. The van der Waals surface area contributed by atoms with Gasteiger partial charge in [-0.2, -0.15) is 12.6 Å². The van der Waals surface area contributed by atoms with Crippen LogP contribution in [-0.2, 0) is 0 Å². The van der Waals surface area contributed by atoms with Crippen molar-refractivity contribution in [1.29, 1.82) is 0 Å².